The van der Waals surface area contributed by atoms with Gasteiger partial charge in [-0.2, -0.15) is 0 Å². The zero-order valence-corrected chi connectivity index (χ0v) is 15.1. The molecule has 28 heavy (non-hydrogen) atoms. The number of carbonyl (C=O) groups excluding carboxylic acids is 2. The Bertz CT molecular complexity index is 909. The van der Waals surface area contributed by atoms with Crippen molar-refractivity contribution >= 4 is 29.3 Å². The molecule has 2 aromatic carbocycles. The summed E-state index contributed by atoms with van der Waals surface area (Å²) in [5, 5.41) is 2.01. The lowest BCUT2D eigenvalue weighted by atomic mass is 10.3. The Labute approximate surface area is 162 Å². The van der Waals surface area contributed by atoms with Crippen molar-refractivity contribution in [2.75, 3.05) is 30.9 Å². The highest BCUT2D eigenvalue weighted by atomic mass is 32.2. The fraction of sp³-hybridized carbons (Fsp3) is 0.222. The topological polar surface area (TPSA) is 73.9 Å². The number of esters is 1. The number of rotatable bonds is 6. The first-order valence-corrected chi connectivity index (χ1v) is 9.04. The van der Waals surface area contributed by atoms with Crippen molar-refractivity contribution in [3.05, 3.63) is 47.8 Å². The SMILES string of the molecule is O=C(COC(=O)CSc1ccc2c(c1)OCCO2)Nc1ccc(F)c(F)c1F. The first kappa shape index (κ1) is 19.9. The van der Waals surface area contributed by atoms with Crippen molar-refractivity contribution in [3.8, 4) is 11.5 Å². The van der Waals surface area contributed by atoms with E-state index in [2.05, 4.69) is 0 Å². The minimum Gasteiger partial charge on any atom is -0.486 e. The van der Waals surface area contributed by atoms with E-state index >= 15 is 0 Å². The van der Waals surface area contributed by atoms with Gasteiger partial charge in [0.05, 0.1) is 11.4 Å². The molecule has 3 rings (SSSR count). The number of fused-ring (bicyclic) bond motifs is 1. The summed E-state index contributed by atoms with van der Waals surface area (Å²) >= 11 is 1.17. The van der Waals surface area contributed by atoms with Gasteiger partial charge in [0.15, 0.2) is 35.6 Å². The van der Waals surface area contributed by atoms with Crippen LogP contribution in [0.15, 0.2) is 35.2 Å². The summed E-state index contributed by atoms with van der Waals surface area (Å²) in [6.07, 6.45) is 0. The number of benzene rings is 2. The van der Waals surface area contributed by atoms with Crippen molar-refractivity contribution in [1.82, 2.24) is 0 Å². The molecule has 0 aliphatic carbocycles. The summed E-state index contributed by atoms with van der Waals surface area (Å²) < 4.78 is 55.1. The van der Waals surface area contributed by atoms with E-state index in [1.165, 1.54) is 11.8 Å². The monoisotopic (exact) mass is 413 g/mol. The number of carbonyl (C=O) groups is 2. The van der Waals surface area contributed by atoms with Crippen molar-refractivity contribution < 1.29 is 37.0 Å². The third kappa shape index (κ3) is 4.89. The summed E-state index contributed by atoms with van der Waals surface area (Å²) in [6.45, 7) is 0.220. The molecule has 0 aromatic heterocycles. The molecule has 0 radical (unpaired) electrons. The normalized spacial score (nSPS) is 12.4. The Morgan fingerprint density at radius 1 is 1.04 bits per heavy atom. The number of amides is 1. The Morgan fingerprint density at radius 3 is 2.57 bits per heavy atom. The second-order valence-electron chi connectivity index (χ2n) is 5.53. The molecule has 1 N–H and O–H groups in total. The fourth-order valence-electron chi connectivity index (χ4n) is 2.25. The molecule has 148 valence electrons. The van der Waals surface area contributed by atoms with Crippen LogP contribution in [-0.2, 0) is 14.3 Å². The van der Waals surface area contributed by atoms with Gasteiger partial charge in [-0.15, -0.1) is 11.8 Å². The third-order valence-electron chi connectivity index (χ3n) is 3.54. The molecular weight excluding hydrogens is 399 g/mol. The molecule has 1 heterocycles. The van der Waals surface area contributed by atoms with Crippen LogP contribution in [0.25, 0.3) is 0 Å². The number of ether oxygens (including phenoxy) is 3. The summed E-state index contributed by atoms with van der Waals surface area (Å²) in [7, 11) is 0. The number of anilines is 1. The molecule has 0 saturated heterocycles. The highest BCUT2D eigenvalue weighted by molar-refractivity contribution is 8.00. The minimum atomic E-state index is -1.70. The molecule has 1 amide bonds. The van der Waals surface area contributed by atoms with E-state index in [1.807, 2.05) is 5.32 Å². The van der Waals surface area contributed by atoms with Crippen LogP contribution < -0.4 is 14.8 Å². The number of nitrogens with one attached hydrogen (secondary N) is 1. The zero-order chi connectivity index (χ0) is 20.1. The van der Waals surface area contributed by atoms with E-state index < -0.39 is 41.6 Å². The molecule has 0 spiro atoms. The van der Waals surface area contributed by atoms with Gasteiger partial charge < -0.3 is 19.5 Å². The van der Waals surface area contributed by atoms with Gasteiger partial charge in [-0.05, 0) is 30.3 Å². The highest BCUT2D eigenvalue weighted by Crippen LogP contribution is 2.34. The van der Waals surface area contributed by atoms with E-state index in [1.54, 1.807) is 18.2 Å². The molecular formula is C18H14F3NO5S. The Morgan fingerprint density at radius 2 is 1.79 bits per heavy atom. The van der Waals surface area contributed by atoms with Gasteiger partial charge in [-0.1, -0.05) is 0 Å². The van der Waals surface area contributed by atoms with Gasteiger partial charge in [0.1, 0.15) is 13.2 Å². The molecule has 2 aromatic rings. The lowest BCUT2D eigenvalue weighted by Gasteiger charge is -2.18. The maximum absolute atomic E-state index is 13.5. The third-order valence-corrected chi connectivity index (χ3v) is 4.51. The van der Waals surface area contributed by atoms with Gasteiger partial charge in [0.25, 0.3) is 5.91 Å². The largest absolute Gasteiger partial charge is 0.486 e. The first-order chi connectivity index (χ1) is 13.4. The lowest BCUT2D eigenvalue weighted by molar-refractivity contribution is -0.144. The second kappa shape index (κ2) is 8.87. The Hall–Kier alpha value is -2.88. The smallest absolute Gasteiger partial charge is 0.316 e. The first-order valence-electron chi connectivity index (χ1n) is 8.05. The summed E-state index contributed by atoms with van der Waals surface area (Å²) in [5.74, 6) is -5.05. The minimum absolute atomic E-state index is 0.0769. The molecule has 0 bridgehead atoms. The van der Waals surface area contributed by atoms with Crippen LogP contribution in [-0.4, -0.2) is 37.4 Å². The maximum Gasteiger partial charge on any atom is 0.316 e. The standard InChI is InChI=1S/C18H14F3NO5S/c19-11-2-3-12(18(21)17(11)20)22-15(23)8-27-16(24)9-28-10-1-4-13-14(7-10)26-6-5-25-13/h1-4,7H,5-6,8-9H2,(H,22,23). The van der Waals surface area contributed by atoms with Gasteiger partial charge in [0.2, 0.25) is 0 Å². The van der Waals surface area contributed by atoms with E-state index in [0.717, 1.165) is 11.0 Å². The fourth-order valence-corrected chi connectivity index (χ4v) is 2.97. The summed E-state index contributed by atoms with van der Waals surface area (Å²) in [4.78, 5) is 24.2. The van der Waals surface area contributed by atoms with E-state index in [0.29, 0.717) is 30.8 Å². The van der Waals surface area contributed by atoms with Gasteiger partial charge in [-0.25, -0.2) is 13.2 Å². The quantitative estimate of drug-likeness (QED) is 0.446. The van der Waals surface area contributed by atoms with Crippen LogP contribution in [0.2, 0.25) is 0 Å². The molecule has 1 aliphatic rings. The average molecular weight is 413 g/mol. The van der Waals surface area contributed by atoms with Crippen LogP contribution >= 0.6 is 11.8 Å². The van der Waals surface area contributed by atoms with Crippen molar-refractivity contribution in [2.24, 2.45) is 0 Å². The average Bonchev–Trinajstić information content (AvgIpc) is 2.71. The predicted molar refractivity (Wildman–Crippen MR) is 94.1 cm³/mol. The van der Waals surface area contributed by atoms with E-state index in [9.17, 15) is 22.8 Å². The molecule has 10 heteroatoms. The second-order valence-corrected chi connectivity index (χ2v) is 6.57. The summed E-state index contributed by atoms with van der Waals surface area (Å²) in [6, 6.07) is 6.75. The van der Waals surface area contributed by atoms with Gasteiger partial charge in [0, 0.05) is 4.90 Å². The van der Waals surface area contributed by atoms with Crippen LogP contribution in [0.1, 0.15) is 0 Å². The van der Waals surface area contributed by atoms with E-state index in [4.69, 9.17) is 14.2 Å². The van der Waals surface area contributed by atoms with Crippen LogP contribution in [0.3, 0.4) is 0 Å². The Kier molecular flexibility index (Phi) is 6.30. The highest BCUT2D eigenvalue weighted by Gasteiger charge is 2.17. The van der Waals surface area contributed by atoms with Crippen LogP contribution in [0.5, 0.6) is 11.5 Å². The number of halogens is 3. The van der Waals surface area contributed by atoms with Crippen molar-refractivity contribution in [3.63, 3.8) is 0 Å². The predicted octanol–water partition coefficient (Wildman–Crippen LogP) is 3.15. The number of hydrogen-bond donors (Lipinski definition) is 1. The maximum atomic E-state index is 13.5. The molecule has 1 aliphatic heterocycles. The number of hydrogen-bond acceptors (Lipinski definition) is 6. The van der Waals surface area contributed by atoms with Gasteiger partial charge in [-0.3, -0.25) is 9.59 Å². The molecule has 0 saturated carbocycles. The molecule has 6 nitrogen and oxygen atoms in total. The molecule has 0 atom stereocenters. The van der Waals surface area contributed by atoms with Crippen LogP contribution in [0, 0.1) is 17.5 Å². The molecule has 0 unspecified atom stereocenters. The summed E-state index contributed by atoms with van der Waals surface area (Å²) in [5.41, 5.74) is -0.550. The van der Waals surface area contributed by atoms with Crippen molar-refractivity contribution in [2.45, 2.75) is 4.90 Å². The Balaban J connectivity index is 1.45. The number of thioether (sulfide) groups is 1. The van der Waals surface area contributed by atoms with Crippen LogP contribution in [0.4, 0.5) is 18.9 Å². The molecule has 0 fully saturated rings. The van der Waals surface area contributed by atoms with Crippen molar-refractivity contribution in [1.29, 1.82) is 0 Å². The lowest BCUT2D eigenvalue weighted by Crippen LogP contribution is -2.22. The van der Waals surface area contributed by atoms with E-state index in [-0.39, 0.29) is 5.75 Å². The van der Waals surface area contributed by atoms with Gasteiger partial charge >= 0.3 is 5.97 Å². The zero-order valence-electron chi connectivity index (χ0n) is 14.3.